The van der Waals surface area contributed by atoms with Crippen molar-refractivity contribution in [2.75, 3.05) is 12.0 Å². The second kappa shape index (κ2) is 10.8. The molecule has 0 radical (unpaired) electrons. The van der Waals surface area contributed by atoms with Crippen LogP contribution < -0.4 is 19.7 Å². The highest BCUT2D eigenvalue weighted by atomic mass is 32.1. The summed E-state index contributed by atoms with van der Waals surface area (Å²) in [5.41, 5.74) is 5.26. The molecule has 0 spiro atoms. The van der Waals surface area contributed by atoms with Gasteiger partial charge in [0.15, 0.2) is 5.11 Å². The lowest BCUT2D eigenvalue weighted by Gasteiger charge is -2.28. The van der Waals surface area contributed by atoms with Gasteiger partial charge < -0.3 is 24.3 Å². The number of pyridine rings is 2. The third-order valence-corrected chi connectivity index (χ3v) is 7.49. The molecule has 4 heterocycles. The van der Waals surface area contributed by atoms with Crippen LogP contribution in [0, 0.1) is 13.8 Å². The SMILES string of the molecule is COc1ccc(Oc2ccc(N3C(=S)N[C@@H](c4ccccn4)[C@@H]3c3cc(C)n(-c4ccccn4)c3C)cc2)cc1. The van der Waals surface area contributed by atoms with Crippen LogP contribution in [0.4, 0.5) is 5.69 Å². The Bertz CT molecular complexity index is 1620. The summed E-state index contributed by atoms with van der Waals surface area (Å²) in [5, 5.41) is 4.20. The topological polar surface area (TPSA) is 64.4 Å². The average Bonchev–Trinajstić information content (AvgIpc) is 3.49. The molecule has 2 aromatic carbocycles. The summed E-state index contributed by atoms with van der Waals surface area (Å²) in [6.07, 6.45) is 3.64. The molecule has 5 aromatic rings. The minimum atomic E-state index is -0.137. The van der Waals surface area contributed by atoms with Crippen molar-refractivity contribution in [1.29, 1.82) is 0 Å². The molecule has 6 rings (SSSR count). The van der Waals surface area contributed by atoms with Crippen LogP contribution in [-0.2, 0) is 0 Å². The molecule has 40 heavy (non-hydrogen) atoms. The van der Waals surface area contributed by atoms with Crippen molar-refractivity contribution in [2.24, 2.45) is 0 Å². The second-order valence-corrected chi connectivity index (χ2v) is 10.0. The molecule has 1 aliphatic heterocycles. The highest BCUT2D eigenvalue weighted by molar-refractivity contribution is 7.80. The van der Waals surface area contributed by atoms with E-state index in [4.69, 9.17) is 26.7 Å². The monoisotopic (exact) mass is 547 g/mol. The number of hydrogen-bond acceptors (Lipinski definition) is 5. The summed E-state index contributed by atoms with van der Waals surface area (Å²) in [7, 11) is 1.65. The summed E-state index contributed by atoms with van der Waals surface area (Å²) >= 11 is 5.94. The van der Waals surface area contributed by atoms with Gasteiger partial charge in [0, 0.05) is 29.5 Å². The van der Waals surface area contributed by atoms with Gasteiger partial charge in [-0.1, -0.05) is 12.1 Å². The largest absolute Gasteiger partial charge is 0.497 e. The number of nitrogens with one attached hydrogen (secondary N) is 1. The van der Waals surface area contributed by atoms with Crippen molar-refractivity contribution < 1.29 is 9.47 Å². The molecule has 1 N–H and O–H groups in total. The third kappa shape index (κ3) is 4.78. The summed E-state index contributed by atoms with van der Waals surface area (Å²) in [5.74, 6) is 3.15. The smallest absolute Gasteiger partial charge is 0.174 e. The van der Waals surface area contributed by atoms with E-state index in [0.717, 1.165) is 51.4 Å². The van der Waals surface area contributed by atoms with E-state index in [1.165, 1.54) is 0 Å². The first kappa shape index (κ1) is 25.6. The van der Waals surface area contributed by atoms with Crippen molar-refractivity contribution in [1.82, 2.24) is 19.9 Å². The standard InChI is InChI=1S/C32H29N5O2S/c1-21-20-27(22(2)36(21)29-9-5-7-19-34-29)31-30(28-8-4-6-18-33-28)35-32(40)37(31)23-10-12-25(13-11-23)39-26-16-14-24(38-3)15-17-26/h4-20,30-31H,1-3H3,(H,35,40)/t30-,31-/m0/s1. The Balaban J connectivity index is 1.38. The fraction of sp³-hybridized carbons (Fsp3) is 0.156. The lowest BCUT2D eigenvalue weighted by Crippen LogP contribution is -2.29. The van der Waals surface area contributed by atoms with E-state index in [0.29, 0.717) is 5.11 Å². The quantitative estimate of drug-likeness (QED) is 0.223. The predicted octanol–water partition coefficient (Wildman–Crippen LogP) is 6.86. The highest BCUT2D eigenvalue weighted by Crippen LogP contribution is 2.44. The van der Waals surface area contributed by atoms with Gasteiger partial charge in [-0.2, -0.15) is 0 Å². The Morgan fingerprint density at radius 3 is 2.08 bits per heavy atom. The van der Waals surface area contributed by atoms with E-state index in [-0.39, 0.29) is 12.1 Å². The minimum absolute atomic E-state index is 0.126. The zero-order chi connectivity index (χ0) is 27.6. The number of aromatic nitrogens is 3. The van der Waals surface area contributed by atoms with Gasteiger partial charge in [-0.3, -0.25) is 4.98 Å². The van der Waals surface area contributed by atoms with Crippen molar-refractivity contribution in [2.45, 2.75) is 25.9 Å². The number of benzene rings is 2. The number of hydrogen-bond donors (Lipinski definition) is 1. The normalized spacial score (nSPS) is 16.6. The zero-order valence-corrected chi connectivity index (χ0v) is 23.3. The lowest BCUT2D eigenvalue weighted by atomic mass is 9.96. The van der Waals surface area contributed by atoms with Gasteiger partial charge in [0.1, 0.15) is 23.1 Å². The number of aryl methyl sites for hydroxylation is 1. The van der Waals surface area contributed by atoms with Crippen LogP contribution in [0.15, 0.2) is 103 Å². The molecule has 0 amide bonds. The maximum atomic E-state index is 6.07. The van der Waals surface area contributed by atoms with E-state index >= 15 is 0 Å². The summed E-state index contributed by atoms with van der Waals surface area (Å²) in [6, 6.07) is 29.4. The van der Waals surface area contributed by atoms with Gasteiger partial charge in [0.25, 0.3) is 0 Å². The summed E-state index contributed by atoms with van der Waals surface area (Å²) < 4.78 is 13.5. The Hall–Kier alpha value is -4.69. The number of methoxy groups -OCH3 is 1. The van der Waals surface area contributed by atoms with Gasteiger partial charge >= 0.3 is 0 Å². The molecule has 0 unspecified atom stereocenters. The first-order valence-corrected chi connectivity index (χ1v) is 13.5. The molecular formula is C32H29N5O2S. The average molecular weight is 548 g/mol. The highest BCUT2D eigenvalue weighted by Gasteiger charge is 2.42. The Kier molecular flexibility index (Phi) is 6.92. The molecule has 0 aliphatic carbocycles. The molecule has 0 bridgehead atoms. The van der Waals surface area contributed by atoms with Gasteiger partial charge in [-0.25, -0.2) is 4.98 Å². The van der Waals surface area contributed by atoms with E-state index in [1.54, 1.807) is 7.11 Å². The summed E-state index contributed by atoms with van der Waals surface area (Å²) in [6.45, 7) is 4.25. The minimum Gasteiger partial charge on any atom is -0.497 e. The fourth-order valence-electron chi connectivity index (χ4n) is 5.33. The molecule has 0 saturated carbocycles. The van der Waals surface area contributed by atoms with Crippen LogP contribution in [0.2, 0.25) is 0 Å². The van der Waals surface area contributed by atoms with E-state index in [1.807, 2.05) is 97.3 Å². The predicted molar refractivity (Wildman–Crippen MR) is 160 cm³/mol. The van der Waals surface area contributed by atoms with Gasteiger partial charge in [0.2, 0.25) is 0 Å². The van der Waals surface area contributed by atoms with Crippen molar-refractivity contribution in [3.05, 3.63) is 126 Å². The first-order valence-electron chi connectivity index (χ1n) is 13.1. The van der Waals surface area contributed by atoms with Crippen molar-refractivity contribution in [3.63, 3.8) is 0 Å². The lowest BCUT2D eigenvalue weighted by molar-refractivity contribution is 0.413. The maximum Gasteiger partial charge on any atom is 0.174 e. The second-order valence-electron chi connectivity index (χ2n) is 9.62. The van der Waals surface area contributed by atoms with E-state index < -0.39 is 0 Å². The number of nitrogens with zero attached hydrogens (tertiary/aromatic N) is 4. The number of ether oxygens (including phenoxy) is 2. The van der Waals surface area contributed by atoms with Gasteiger partial charge in [-0.05, 0) is 110 Å². The molecule has 8 heteroatoms. The fourth-order valence-corrected chi connectivity index (χ4v) is 5.68. The van der Waals surface area contributed by atoms with Crippen LogP contribution in [0.25, 0.3) is 5.82 Å². The van der Waals surface area contributed by atoms with Crippen molar-refractivity contribution in [3.8, 4) is 23.1 Å². The Morgan fingerprint density at radius 2 is 1.45 bits per heavy atom. The molecule has 1 fully saturated rings. The van der Waals surface area contributed by atoms with E-state index in [2.05, 4.69) is 39.7 Å². The van der Waals surface area contributed by atoms with Gasteiger partial charge in [-0.15, -0.1) is 0 Å². The Labute approximate surface area is 239 Å². The number of anilines is 1. The molecule has 200 valence electrons. The number of rotatable bonds is 7. The van der Waals surface area contributed by atoms with Gasteiger partial charge in [0.05, 0.1) is 24.9 Å². The molecule has 3 aromatic heterocycles. The summed E-state index contributed by atoms with van der Waals surface area (Å²) in [4.78, 5) is 11.5. The molecule has 7 nitrogen and oxygen atoms in total. The molecule has 1 aliphatic rings. The van der Waals surface area contributed by atoms with Crippen LogP contribution in [-0.4, -0.2) is 26.8 Å². The third-order valence-electron chi connectivity index (χ3n) is 7.18. The number of thiocarbonyl (C=S) groups is 1. The molecule has 1 saturated heterocycles. The maximum absolute atomic E-state index is 6.07. The van der Waals surface area contributed by atoms with Crippen molar-refractivity contribution >= 4 is 23.0 Å². The molecule has 2 atom stereocenters. The van der Waals surface area contributed by atoms with Crippen LogP contribution >= 0.6 is 12.2 Å². The van der Waals surface area contributed by atoms with E-state index in [9.17, 15) is 0 Å². The zero-order valence-electron chi connectivity index (χ0n) is 22.5. The molecular weight excluding hydrogens is 518 g/mol. The van der Waals surface area contributed by atoms with Crippen LogP contribution in [0.3, 0.4) is 0 Å². The van der Waals surface area contributed by atoms with Crippen LogP contribution in [0.5, 0.6) is 17.2 Å². The van der Waals surface area contributed by atoms with Crippen LogP contribution in [0.1, 0.15) is 34.7 Å². The first-order chi connectivity index (χ1) is 19.5. The Morgan fingerprint density at radius 1 is 0.800 bits per heavy atom.